The summed E-state index contributed by atoms with van der Waals surface area (Å²) in [5.41, 5.74) is 5.90. The Kier molecular flexibility index (Phi) is 8.00. The summed E-state index contributed by atoms with van der Waals surface area (Å²) in [6.07, 6.45) is 5.72. The number of fused-ring (bicyclic) bond motifs is 4. The second kappa shape index (κ2) is 12.8. The SMILES string of the molecule is Cn1c(=O)n(C2CCC(=O)NC2=O)c2cccc(N3CCC(CN4CCC5(CC4)CCN(c4ccc6cc(-c7n[nH]c8c7C[C@@H]7C(F)(F)[C@]7(C)C8)[nH]c6c4)C5=O)CC3)c21. The van der Waals surface area contributed by atoms with Crippen molar-refractivity contribution >= 4 is 51.0 Å². The molecule has 308 valence electrons. The molecule has 1 saturated carbocycles. The minimum atomic E-state index is -2.64. The number of nitrogens with zero attached hydrogens (tertiary/aromatic N) is 6. The average molecular weight is 806 g/mol. The monoisotopic (exact) mass is 805 g/mol. The van der Waals surface area contributed by atoms with Gasteiger partial charge in [-0.3, -0.25) is 33.9 Å². The number of rotatable bonds is 6. The van der Waals surface area contributed by atoms with Crippen LogP contribution in [0.3, 0.4) is 0 Å². The van der Waals surface area contributed by atoms with Crippen molar-refractivity contribution in [2.75, 3.05) is 49.1 Å². The maximum absolute atomic E-state index is 14.6. The summed E-state index contributed by atoms with van der Waals surface area (Å²) in [6, 6.07) is 13.3. The van der Waals surface area contributed by atoms with Gasteiger partial charge < -0.3 is 19.7 Å². The molecule has 0 bridgehead atoms. The Bertz CT molecular complexity index is 2640. The zero-order valence-corrected chi connectivity index (χ0v) is 33.5. The lowest BCUT2D eigenvalue weighted by Gasteiger charge is -2.41. The number of nitrogens with one attached hydrogen (secondary N) is 3. The Morgan fingerprint density at radius 2 is 1.71 bits per heavy atom. The number of aromatic amines is 2. The summed E-state index contributed by atoms with van der Waals surface area (Å²) in [6.45, 7) is 6.89. The van der Waals surface area contributed by atoms with E-state index >= 15 is 0 Å². The first kappa shape index (κ1) is 36.7. The van der Waals surface area contributed by atoms with Crippen LogP contribution in [0.25, 0.3) is 33.3 Å². The molecule has 3 amide bonds. The number of carbonyl (C=O) groups excluding carboxylic acids is 3. The van der Waals surface area contributed by atoms with Gasteiger partial charge in [0.2, 0.25) is 17.7 Å². The summed E-state index contributed by atoms with van der Waals surface area (Å²) in [5, 5.41) is 11.0. The molecule has 5 fully saturated rings. The maximum atomic E-state index is 14.6. The molecule has 6 aliphatic rings. The van der Waals surface area contributed by atoms with E-state index in [0.29, 0.717) is 42.9 Å². The van der Waals surface area contributed by atoms with E-state index in [2.05, 4.69) is 36.4 Å². The number of aromatic nitrogens is 5. The number of imidazole rings is 1. The zero-order valence-electron chi connectivity index (χ0n) is 33.5. The highest BCUT2D eigenvalue weighted by Gasteiger charge is 2.78. The molecule has 15 heteroatoms. The Labute approximate surface area is 339 Å². The van der Waals surface area contributed by atoms with E-state index in [1.54, 1.807) is 23.1 Å². The molecule has 59 heavy (non-hydrogen) atoms. The molecule has 0 radical (unpaired) electrons. The van der Waals surface area contributed by atoms with Crippen LogP contribution in [0.1, 0.15) is 69.2 Å². The Morgan fingerprint density at radius 1 is 0.932 bits per heavy atom. The number of carbonyl (C=O) groups is 3. The molecule has 1 spiro atoms. The van der Waals surface area contributed by atoms with Gasteiger partial charge in [-0.2, -0.15) is 5.10 Å². The normalized spacial score (nSPS) is 26.9. The summed E-state index contributed by atoms with van der Waals surface area (Å²) in [5.74, 6) is -3.28. The summed E-state index contributed by atoms with van der Waals surface area (Å²) in [7, 11) is 1.75. The van der Waals surface area contributed by atoms with Gasteiger partial charge in [-0.1, -0.05) is 19.1 Å². The number of amides is 3. The second-order valence-corrected chi connectivity index (χ2v) is 18.5. The van der Waals surface area contributed by atoms with Gasteiger partial charge in [-0.25, -0.2) is 13.6 Å². The molecule has 2 aliphatic carbocycles. The number of likely N-dealkylation sites (tertiary alicyclic amines) is 1. The van der Waals surface area contributed by atoms with E-state index in [1.807, 2.05) is 41.3 Å². The highest BCUT2D eigenvalue weighted by Crippen LogP contribution is 2.70. The zero-order chi connectivity index (χ0) is 40.6. The van der Waals surface area contributed by atoms with Gasteiger partial charge in [0.25, 0.3) is 5.92 Å². The third-order valence-electron chi connectivity index (χ3n) is 15.4. The van der Waals surface area contributed by atoms with Crippen molar-refractivity contribution in [3.63, 3.8) is 0 Å². The summed E-state index contributed by atoms with van der Waals surface area (Å²) < 4.78 is 32.3. The third kappa shape index (κ3) is 5.44. The Hall–Kier alpha value is -5.31. The standard InChI is InChI=1S/C44H49F2N9O4/c1-42-23-31-28(22-35(42)44(42,45)46)37(50-49-31)30-20-26-6-7-27(21-29(26)47-30)54-19-14-43(40(54)58)12-17-52(18-13-43)24-25-10-15-53(16-11-25)32-4-3-5-33-38(32)51(2)41(59)55(33)34-8-9-36(56)48-39(34)57/h3-7,20-21,25,34-35,47H,8-19,22-24H2,1-2H3,(H,49,50)(H,48,56,57)/t34?,35-,42+/m0/s1. The van der Waals surface area contributed by atoms with Gasteiger partial charge in [-0.05, 0) is 94.3 Å². The predicted molar refractivity (Wildman–Crippen MR) is 218 cm³/mol. The predicted octanol–water partition coefficient (Wildman–Crippen LogP) is 5.29. The summed E-state index contributed by atoms with van der Waals surface area (Å²) in [4.78, 5) is 62.5. The Morgan fingerprint density at radius 3 is 2.49 bits per heavy atom. The van der Waals surface area contributed by atoms with Crippen LogP contribution in [-0.2, 0) is 34.3 Å². The quantitative estimate of drug-likeness (QED) is 0.198. The number of alkyl halides is 2. The van der Waals surface area contributed by atoms with Crippen LogP contribution >= 0.6 is 0 Å². The molecular weight excluding hydrogens is 757 g/mol. The van der Waals surface area contributed by atoms with Crippen LogP contribution < -0.4 is 20.8 Å². The molecular formula is C44H49F2N9O4. The molecule has 3 N–H and O–H groups in total. The van der Waals surface area contributed by atoms with Crippen molar-refractivity contribution in [2.24, 2.45) is 29.7 Å². The van der Waals surface area contributed by atoms with Gasteiger partial charge in [0.05, 0.1) is 27.8 Å². The van der Waals surface area contributed by atoms with Crippen molar-refractivity contribution < 1.29 is 23.2 Å². The first-order valence-electron chi connectivity index (χ1n) is 21.3. The van der Waals surface area contributed by atoms with Crippen LogP contribution in [0.5, 0.6) is 0 Å². The van der Waals surface area contributed by atoms with E-state index < -0.39 is 29.2 Å². The van der Waals surface area contributed by atoms with Gasteiger partial charge in [0, 0.05) is 85.2 Å². The molecule has 4 aliphatic heterocycles. The van der Waals surface area contributed by atoms with Crippen LogP contribution in [0.4, 0.5) is 20.2 Å². The molecule has 3 aromatic heterocycles. The molecule has 7 heterocycles. The lowest BCUT2D eigenvalue weighted by molar-refractivity contribution is -0.135. The van der Waals surface area contributed by atoms with Crippen LogP contribution in [-0.4, -0.2) is 92.1 Å². The van der Waals surface area contributed by atoms with Gasteiger partial charge in [0.1, 0.15) is 11.7 Å². The van der Waals surface area contributed by atoms with Crippen molar-refractivity contribution in [3.8, 4) is 11.4 Å². The van der Waals surface area contributed by atoms with Crippen molar-refractivity contribution in [1.29, 1.82) is 0 Å². The summed E-state index contributed by atoms with van der Waals surface area (Å²) >= 11 is 0. The number of piperidine rings is 3. The lowest BCUT2D eigenvalue weighted by Crippen LogP contribution is -2.47. The highest BCUT2D eigenvalue weighted by atomic mass is 19.3. The number of halogens is 2. The third-order valence-corrected chi connectivity index (χ3v) is 15.4. The van der Waals surface area contributed by atoms with Crippen molar-refractivity contribution in [3.05, 3.63) is 64.2 Å². The fraction of sp³-hybridized carbons (Fsp3) is 0.523. The van der Waals surface area contributed by atoms with Gasteiger partial charge in [-0.15, -0.1) is 0 Å². The Balaban J connectivity index is 0.717. The second-order valence-electron chi connectivity index (χ2n) is 18.5. The van der Waals surface area contributed by atoms with Gasteiger partial charge in [0.15, 0.2) is 0 Å². The molecule has 1 unspecified atom stereocenters. The molecule has 4 saturated heterocycles. The van der Waals surface area contributed by atoms with Crippen LogP contribution in [0.15, 0.2) is 47.3 Å². The molecule has 13 nitrogen and oxygen atoms in total. The van der Waals surface area contributed by atoms with Crippen LogP contribution in [0, 0.1) is 22.7 Å². The van der Waals surface area contributed by atoms with E-state index in [-0.39, 0.29) is 29.3 Å². The minimum Gasteiger partial charge on any atom is -0.370 e. The fourth-order valence-electron chi connectivity index (χ4n) is 11.6. The van der Waals surface area contributed by atoms with E-state index in [1.165, 1.54) is 0 Å². The van der Waals surface area contributed by atoms with Crippen molar-refractivity contribution in [2.45, 2.75) is 76.7 Å². The average Bonchev–Trinajstić information content (AvgIpc) is 3.82. The highest BCUT2D eigenvalue weighted by molar-refractivity contribution is 6.02. The van der Waals surface area contributed by atoms with Crippen molar-refractivity contribution in [1.82, 2.24) is 34.5 Å². The molecule has 11 rings (SSSR count). The number of para-hydroxylation sites is 1. The fourth-order valence-corrected chi connectivity index (χ4v) is 11.6. The lowest BCUT2D eigenvalue weighted by atomic mass is 9.76. The number of imide groups is 1. The van der Waals surface area contributed by atoms with E-state index in [4.69, 9.17) is 0 Å². The number of H-pyrrole nitrogens is 2. The topological polar surface area (TPSA) is 144 Å². The van der Waals surface area contributed by atoms with Gasteiger partial charge >= 0.3 is 5.69 Å². The first-order valence-corrected chi connectivity index (χ1v) is 21.3. The molecule has 2 aromatic carbocycles. The smallest absolute Gasteiger partial charge is 0.329 e. The minimum absolute atomic E-state index is 0.207. The number of aryl methyl sites for hydroxylation is 1. The molecule has 3 atom stereocenters. The number of anilines is 2. The number of benzene rings is 2. The first-order chi connectivity index (χ1) is 28.3. The maximum Gasteiger partial charge on any atom is 0.329 e. The number of hydrogen-bond acceptors (Lipinski definition) is 7. The number of hydrogen-bond donors (Lipinski definition) is 3. The van der Waals surface area contributed by atoms with E-state index in [0.717, 1.165) is 110 Å². The molecule has 5 aromatic rings. The van der Waals surface area contributed by atoms with Crippen LogP contribution in [0.2, 0.25) is 0 Å². The van der Waals surface area contributed by atoms with E-state index in [9.17, 15) is 28.0 Å². The largest absolute Gasteiger partial charge is 0.370 e.